The minimum atomic E-state index is 0.0298. The van der Waals surface area contributed by atoms with Gasteiger partial charge in [-0.05, 0) is 13.0 Å². The summed E-state index contributed by atoms with van der Waals surface area (Å²) in [7, 11) is 1.84. The number of aliphatic imine (C=N–C) groups is 1. The summed E-state index contributed by atoms with van der Waals surface area (Å²) in [6.07, 6.45) is 3.57. The molecule has 1 fully saturated rings. The number of amides is 1. The molecule has 4 rings (SSSR count). The Kier molecular flexibility index (Phi) is 5.05. The fraction of sp³-hybridized carbons (Fsp3) is 0.421. The zero-order chi connectivity index (χ0) is 19.5. The van der Waals surface area contributed by atoms with Gasteiger partial charge in [0.1, 0.15) is 6.54 Å². The second-order valence-corrected chi connectivity index (χ2v) is 6.66. The number of anilines is 1. The number of nitrogens with zero attached hydrogens (tertiary/aromatic N) is 5. The second-order valence-electron chi connectivity index (χ2n) is 6.66. The standard InChI is InChI=1S/C19H24N6O3/c1-3-20-19(21-9-14-5-4-6-16-18(14)28-13-27-16)24-7-8-25(17(26)12-24)15-10-22-23(2)11-15/h4-6,10-11H,3,7-9,12-13H2,1-2H3,(H,20,21). The van der Waals surface area contributed by atoms with Crippen LogP contribution in [0, 0.1) is 0 Å². The number of guanidine groups is 1. The van der Waals surface area contributed by atoms with E-state index in [9.17, 15) is 4.79 Å². The van der Waals surface area contributed by atoms with Gasteiger partial charge in [0.15, 0.2) is 17.5 Å². The van der Waals surface area contributed by atoms with Crippen molar-refractivity contribution in [1.82, 2.24) is 20.0 Å². The first-order chi connectivity index (χ1) is 13.7. The van der Waals surface area contributed by atoms with E-state index >= 15 is 0 Å². The van der Waals surface area contributed by atoms with Gasteiger partial charge >= 0.3 is 0 Å². The van der Waals surface area contributed by atoms with Crippen molar-refractivity contribution in [2.75, 3.05) is 37.9 Å². The van der Waals surface area contributed by atoms with Gasteiger partial charge in [-0.1, -0.05) is 12.1 Å². The van der Waals surface area contributed by atoms with Gasteiger partial charge in [0.25, 0.3) is 0 Å². The van der Waals surface area contributed by atoms with Gasteiger partial charge in [-0.25, -0.2) is 4.99 Å². The maximum absolute atomic E-state index is 12.7. The smallest absolute Gasteiger partial charge is 0.246 e. The van der Waals surface area contributed by atoms with Crippen molar-refractivity contribution in [2.45, 2.75) is 13.5 Å². The van der Waals surface area contributed by atoms with Crippen molar-refractivity contribution in [1.29, 1.82) is 0 Å². The lowest BCUT2D eigenvalue weighted by atomic mass is 10.2. The number of piperazine rings is 1. The lowest BCUT2D eigenvalue weighted by Gasteiger charge is -2.35. The van der Waals surface area contributed by atoms with E-state index in [1.54, 1.807) is 15.8 Å². The molecule has 148 valence electrons. The summed E-state index contributed by atoms with van der Waals surface area (Å²) in [6, 6.07) is 5.80. The summed E-state index contributed by atoms with van der Waals surface area (Å²) in [6.45, 7) is 4.98. The molecule has 1 N–H and O–H groups in total. The Morgan fingerprint density at radius 1 is 1.32 bits per heavy atom. The Morgan fingerprint density at radius 3 is 2.96 bits per heavy atom. The van der Waals surface area contributed by atoms with Gasteiger partial charge in [0, 0.05) is 38.4 Å². The molecular formula is C19H24N6O3. The SMILES string of the molecule is CCNC(=NCc1cccc2c1OCO2)N1CCN(c2cnn(C)c2)C(=O)C1. The first-order valence-electron chi connectivity index (χ1n) is 9.35. The number of nitrogens with one attached hydrogen (secondary N) is 1. The Balaban J connectivity index is 1.47. The average molecular weight is 384 g/mol. The normalized spacial score (nSPS) is 16.6. The largest absolute Gasteiger partial charge is 0.454 e. The first kappa shape index (κ1) is 18.1. The molecule has 0 spiro atoms. The van der Waals surface area contributed by atoms with Crippen molar-refractivity contribution in [3.8, 4) is 11.5 Å². The number of benzene rings is 1. The molecule has 28 heavy (non-hydrogen) atoms. The molecular weight excluding hydrogens is 360 g/mol. The highest BCUT2D eigenvalue weighted by Crippen LogP contribution is 2.35. The molecule has 9 heteroatoms. The molecule has 2 aromatic rings. The fourth-order valence-electron chi connectivity index (χ4n) is 3.38. The number of fused-ring (bicyclic) bond motifs is 1. The molecule has 0 unspecified atom stereocenters. The number of aryl methyl sites for hydroxylation is 1. The van der Waals surface area contributed by atoms with E-state index in [0.29, 0.717) is 19.6 Å². The van der Waals surface area contributed by atoms with Crippen LogP contribution < -0.4 is 19.7 Å². The number of carbonyl (C=O) groups excluding carboxylic acids is 1. The summed E-state index contributed by atoms with van der Waals surface area (Å²) >= 11 is 0. The number of ether oxygens (including phenoxy) is 2. The minimum absolute atomic E-state index is 0.0298. The fourth-order valence-corrected chi connectivity index (χ4v) is 3.38. The number of hydrogen-bond donors (Lipinski definition) is 1. The Morgan fingerprint density at radius 2 is 2.21 bits per heavy atom. The summed E-state index contributed by atoms with van der Waals surface area (Å²) in [5.41, 5.74) is 1.79. The number of para-hydroxylation sites is 1. The summed E-state index contributed by atoms with van der Waals surface area (Å²) in [5.74, 6) is 2.25. The molecule has 3 heterocycles. The van der Waals surface area contributed by atoms with Gasteiger partial charge in [-0.2, -0.15) is 5.10 Å². The van der Waals surface area contributed by atoms with Gasteiger partial charge in [0.2, 0.25) is 12.7 Å². The van der Waals surface area contributed by atoms with E-state index in [2.05, 4.69) is 10.4 Å². The van der Waals surface area contributed by atoms with Crippen molar-refractivity contribution in [2.24, 2.45) is 12.0 Å². The maximum atomic E-state index is 12.7. The van der Waals surface area contributed by atoms with Crippen LogP contribution in [0.1, 0.15) is 12.5 Å². The van der Waals surface area contributed by atoms with Crippen LogP contribution in [-0.4, -0.2) is 59.5 Å². The van der Waals surface area contributed by atoms with Crippen LogP contribution in [0.2, 0.25) is 0 Å². The third kappa shape index (κ3) is 3.60. The lowest BCUT2D eigenvalue weighted by Crippen LogP contribution is -2.55. The highest BCUT2D eigenvalue weighted by Gasteiger charge is 2.28. The van der Waals surface area contributed by atoms with E-state index in [4.69, 9.17) is 14.5 Å². The number of carbonyl (C=O) groups is 1. The molecule has 0 radical (unpaired) electrons. The quantitative estimate of drug-likeness (QED) is 0.625. The van der Waals surface area contributed by atoms with Crippen LogP contribution in [0.25, 0.3) is 0 Å². The average Bonchev–Trinajstić information content (AvgIpc) is 3.34. The van der Waals surface area contributed by atoms with Crippen LogP contribution >= 0.6 is 0 Å². The van der Waals surface area contributed by atoms with Crippen molar-refractivity contribution in [3.05, 3.63) is 36.2 Å². The van der Waals surface area contributed by atoms with E-state index in [1.165, 1.54) is 0 Å². The van der Waals surface area contributed by atoms with Crippen molar-refractivity contribution in [3.63, 3.8) is 0 Å². The number of rotatable bonds is 4. The monoisotopic (exact) mass is 384 g/mol. The predicted octanol–water partition coefficient (Wildman–Crippen LogP) is 0.963. The van der Waals surface area contributed by atoms with Crippen molar-refractivity contribution < 1.29 is 14.3 Å². The number of aromatic nitrogens is 2. The highest BCUT2D eigenvalue weighted by atomic mass is 16.7. The van der Waals surface area contributed by atoms with E-state index in [0.717, 1.165) is 35.3 Å². The van der Waals surface area contributed by atoms with Crippen molar-refractivity contribution >= 4 is 17.6 Å². The maximum Gasteiger partial charge on any atom is 0.246 e. The molecule has 1 amide bonds. The minimum Gasteiger partial charge on any atom is -0.454 e. The summed E-state index contributed by atoms with van der Waals surface area (Å²) < 4.78 is 12.7. The molecule has 1 aromatic heterocycles. The molecule has 2 aliphatic rings. The second kappa shape index (κ2) is 7.79. The Bertz CT molecular complexity index is 894. The Labute approximate surface area is 163 Å². The predicted molar refractivity (Wildman–Crippen MR) is 105 cm³/mol. The Hall–Kier alpha value is -3.23. The zero-order valence-electron chi connectivity index (χ0n) is 16.1. The van der Waals surface area contributed by atoms with Gasteiger partial charge in [-0.15, -0.1) is 0 Å². The van der Waals surface area contributed by atoms with E-state index < -0.39 is 0 Å². The molecule has 0 bridgehead atoms. The molecule has 0 aliphatic carbocycles. The molecule has 9 nitrogen and oxygen atoms in total. The van der Waals surface area contributed by atoms with Crippen LogP contribution in [0.4, 0.5) is 5.69 Å². The van der Waals surface area contributed by atoms with E-state index in [1.807, 2.05) is 43.3 Å². The van der Waals surface area contributed by atoms with Gasteiger partial charge < -0.3 is 24.6 Å². The first-order valence-corrected chi connectivity index (χ1v) is 9.35. The third-order valence-electron chi connectivity index (χ3n) is 4.74. The zero-order valence-corrected chi connectivity index (χ0v) is 16.1. The highest BCUT2D eigenvalue weighted by molar-refractivity contribution is 5.98. The lowest BCUT2D eigenvalue weighted by molar-refractivity contribution is -0.120. The summed E-state index contributed by atoms with van der Waals surface area (Å²) in [5, 5.41) is 7.44. The molecule has 0 atom stereocenters. The number of hydrogen-bond acceptors (Lipinski definition) is 5. The van der Waals surface area contributed by atoms with E-state index in [-0.39, 0.29) is 19.2 Å². The summed E-state index contributed by atoms with van der Waals surface area (Å²) in [4.78, 5) is 21.2. The molecule has 0 saturated carbocycles. The molecule has 1 aromatic carbocycles. The van der Waals surface area contributed by atoms with Crippen LogP contribution in [0.5, 0.6) is 11.5 Å². The molecule has 2 aliphatic heterocycles. The van der Waals surface area contributed by atoms with Crippen LogP contribution in [-0.2, 0) is 18.4 Å². The molecule has 1 saturated heterocycles. The topological polar surface area (TPSA) is 84.2 Å². The third-order valence-corrected chi connectivity index (χ3v) is 4.74. The van der Waals surface area contributed by atoms with Gasteiger partial charge in [-0.3, -0.25) is 9.48 Å². The van der Waals surface area contributed by atoms with Gasteiger partial charge in [0.05, 0.1) is 18.4 Å². The van der Waals surface area contributed by atoms with Crippen LogP contribution in [0.3, 0.4) is 0 Å². The van der Waals surface area contributed by atoms with Crippen LogP contribution in [0.15, 0.2) is 35.6 Å².